The van der Waals surface area contributed by atoms with Gasteiger partial charge in [-0.1, -0.05) is 12.1 Å². The van der Waals surface area contributed by atoms with Crippen molar-refractivity contribution in [3.05, 3.63) is 29.8 Å². The predicted molar refractivity (Wildman–Crippen MR) is 75.0 cm³/mol. The molecule has 136 valence electrons. The molecule has 0 atom stereocenters. The normalized spacial score (nSPS) is 12.9. The summed E-state index contributed by atoms with van der Waals surface area (Å²) in [7, 11) is 1.26. The van der Waals surface area contributed by atoms with E-state index in [4.69, 9.17) is 11.6 Å². The van der Waals surface area contributed by atoms with Gasteiger partial charge in [0.2, 0.25) is 0 Å². The van der Waals surface area contributed by atoms with Crippen molar-refractivity contribution in [2.75, 3.05) is 24.4 Å². The van der Waals surface area contributed by atoms with Crippen LogP contribution in [0.4, 0.5) is 36.8 Å². The van der Waals surface area contributed by atoms with Gasteiger partial charge >= 0.3 is 18.4 Å². The van der Waals surface area contributed by atoms with Crippen molar-refractivity contribution in [1.29, 1.82) is 0 Å². The minimum absolute atomic E-state index is 0.0255. The van der Waals surface area contributed by atoms with Gasteiger partial charge in [0.25, 0.3) is 5.60 Å². The third kappa shape index (κ3) is 3.86. The Morgan fingerprint density at radius 3 is 1.96 bits per heavy atom. The molecule has 2 amide bonds. The van der Waals surface area contributed by atoms with Gasteiger partial charge < -0.3 is 10.4 Å². The van der Waals surface area contributed by atoms with E-state index < -0.39 is 29.5 Å². The summed E-state index contributed by atoms with van der Waals surface area (Å²) in [6.45, 7) is 0.130. The molecule has 0 radical (unpaired) electrons. The van der Waals surface area contributed by atoms with Gasteiger partial charge in [0, 0.05) is 30.7 Å². The van der Waals surface area contributed by atoms with Crippen molar-refractivity contribution in [2.24, 2.45) is 0 Å². The molecule has 1 aromatic rings. The number of carbonyl (C=O) groups is 1. The Labute approximate surface area is 138 Å². The maximum atomic E-state index is 12.8. The van der Waals surface area contributed by atoms with E-state index in [1.54, 1.807) is 0 Å². The number of anilines is 1. The van der Waals surface area contributed by atoms with Gasteiger partial charge in [-0.25, -0.2) is 4.79 Å². The first-order valence-electron chi connectivity index (χ1n) is 6.40. The number of hydrogen-bond donors (Lipinski definition) is 2. The molecule has 4 nitrogen and oxygen atoms in total. The molecule has 0 aromatic heterocycles. The van der Waals surface area contributed by atoms with Gasteiger partial charge in [0.1, 0.15) is 0 Å². The quantitative estimate of drug-likeness (QED) is 0.623. The fourth-order valence-electron chi connectivity index (χ4n) is 1.80. The van der Waals surface area contributed by atoms with Gasteiger partial charge in [0.15, 0.2) is 0 Å². The number of nitrogens with zero attached hydrogens (tertiary/aromatic N) is 1. The van der Waals surface area contributed by atoms with Crippen LogP contribution in [-0.4, -0.2) is 43.0 Å². The maximum Gasteiger partial charge on any atom is 0.430 e. The van der Waals surface area contributed by atoms with Crippen LogP contribution in [0.2, 0.25) is 0 Å². The number of hydrogen-bond acceptors (Lipinski definition) is 2. The number of rotatable bonds is 4. The summed E-state index contributed by atoms with van der Waals surface area (Å²) in [5.41, 5.74) is -6.38. The first kappa shape index (κ1) is 20.4. The van der Waals surface area contributed by atoms with E-state index >= 15 is 0 Å². The van der Waals surface area contributed by atoms with Crippen LogP contribution in [-0.2, 0) is 5.60 Å². The third-order valence-corrected chi connectivity index (χ3v) is 3.36. The molecule has 0 saturated carbocycles. The van der Waals surface area contributed by atoms with Crippen LogP contribution in [0.1, 0.15) is 5.56 Å². The number of aliphatic hydroxyl groups is 1. The number of amides is 2. The van der Waals surface area contributed by atoms with E-state index in [1.807, 2.05) is 0 Å². The lowest BCUT2D eigenvalue weighted by molar-refractivity contribution is -0.376. The molecule has 0 heterocycles. The van der Waals surface area contributed by atoms with E-state index in [-0.39, 0.29) is 18.1 Å². The third-order valence-electron chi connectivity index (χ3n) is 3.17. The minimum atomic E-state index is -5.96. The molecule has 11 heteroatoms. The van der Waals surface area contributed by atoms with E-state index in [0.717, 1.165) is 17.0 Å². The first-order valence-corrected chi connectivity index (χ1v) is 6.93. The molecule has 24 heavy (non-hydrogen) atoms. The van der Waals surface area contributed by atoms with E-state index in [1.165, 1.54) is 7.05 Å². The second-order valence-corrected chi connectivity index (χ2v) is 5.11. The van der Waals surface area contributed by atoms with Crippen molar-refractivity contribution < 1.29 is 36.2 Å². The molecule has 2 N–H and O–H groups in total. The van der Waals surface area contributed by atoms with Crippen LogP contribution in [0.15, 0.2) is 24.3 Å². The monoisotopic (exact) mass is 378 g/mol. The average Bonchev–Trinajstić information content (AvgIpc) is 2.49. The Bertz CT molecular complexity index is 559. The van der Waals surface area contributed by atoms with E-state index in [2.05, 4.69) is 5.32 Å². The van der Waals surface area contributed by atoms with Gasteiger partial charge in [-0.3, -0.25) is 4.90 Å². The Kier molecular flexibility index (Phi) is 5.99. The lowest BCUT2D eigenvalue weighted by Gasteiger charge is -2.32. The highest BCUT2D eigenvalue weighted by Crippen LogP contribution is 2.50. The zero-order chi connectivity index (χ0) is 18.8. The second-order valence-electron chi connectivity index (χ2n) is 4.73. The van der Waals surface area contributed by atoms with Gasteiger partial charge in [-0.15, -0.1) is 11.6 Å². The Morgan fingerprint density at radius 1 is 1.12 bits per heavy atom. The van der Waals surface area contributed by atoms with Crippen molar-refractivity contribution >= 4 is 23.3 Å². The molecule has 0 aliphatic rings. The minimum Gasteiger partial charge on any atom is -0.369 e. The molecule has 0 bridgehead atoms. The van der Waals surface area contributed by atoms with E-state index in [0.29, 0.717) is 12.1 Å². The van der Waals surface area contributed by atoms with Crippen molar-refractivity contribution in [3.63, 3.8) is 0 Å². The number of nitrogens with one attached hydrogen (secondary N) is 1. The predicted octanol–water partition coefficient (Wildman–Crippen LogP) is 3.38. The van der Waals surface area contributed by atoms with Gasteiger partial charge in [0.05, 0.1) is 0 Å². The molecule has 1 aromatic carbocycles. The standard InChI is InChI=1S/C13H13ClF6N2O2/c1-22(10(23)21-7-6-14)9-4-2-8(3-5-9)11(24,12(15,16)17)13(18,19)20/h2-5,24H,6-7H2,1H3,(H,21,23). The molecule has 0 fully saturated rings. The summed E-state index contributed by atoms with van der Waals surface area (Å²) < 4.78 is 76.5. The molecule has 0 saturated heterocycles. The highest BCUT2D eigenvalue weighted by atomic mass is 35.5. The van der Waals surface area contributed by atoms with Gasteiger partial charge in [-0.05, 0) is 12.1 Å². The number of benzene rings is 1. The molecule has 0 aliphatic heterocycles. The molecule has 0 unspecified atom stereocenters. The highest BCUT2D eigenvalue weighted by Gasteiger charge is 2.71. The Hall–Kier alpha value is -1.68. The zero-order valence-corrected chi connectivity index (χ0v) is 12.9. The van der Waals surface area contributed by atoms with Crippen LogP contribution in [0, 0.1) is 0 Å². The summed E-state index contributed by atoms with van der Waals surface area (Å²) >= 11 is 5.38. The fourth-order valence-corrected chi connectivity index (χ4v) is 1.90. The molecule has 1 rings (SSSR count). The lowest BCUT2D eigenvalue weighted by Crippen LogP contribution is -2.53. The summed E-state index contributed by atoms with van der Waals surface area (Å²) in [5, 5.41) is 11.6. The largest absolute Gasteiger partial charge is 0.430 e. The topological polar surface area (TPSA) is 52.6 Å². The van der Waals surface area contributed by atoms with Crippen molar-refractivity contribution in [3.8, 4) is 0 Å². The number of halogens is 7. The van der Waals surface area contributed by atoms with Crippen LogP contribution in [0.25, 0.3) is 0 Å². The number of carbonyl (C=O) groups excluding carboxylic acids is 1. The first-order chi connectivity index (χ1) is 10.9. The van der Waals surface area contributed by atoms with E-state index in [9.17, 15) is 36.2 Å². The van der Waals surface area contributed by atoms with Crippen LogP contribution in [0.5, 0.6) is 0 Å². The van der Waals surface area contributed by atoms with Gasteiger partial charge in [-0.2, -0.15) is 26.3 Å². The molecular formula is C13H13ClF6N2O2. The summed E-state index contributed by atoms with van der Waals surface area (Å²) in [6.07, 6.45) is -11.9. The van der Waals surface area contributed by atoms with Crippen LogP contribution in [0.3, 0.4) is 0 Å². The summed E-state index contributed by atoms with van der Waals surface area (Å²) in [6, 6.07) is 1.99. The molecule has 0 spiro atoms. The average molecular weight is 379 g/mol. The zero-order valence-electron chi connectivity index (χ0n) is 12.2. The SMILES string of the molecule is CN(C(=O)NCCCl)c1ccc(C(O)(C(F)(F)F)C(F)(F)F)cc1. The summed E-state index contributed by atoms with van der Waals surface area (Å²) in [4.78, 5) is 12.6. The molecule has 0 aliphatic carbocycles. The Morgan fingerprint density at radius 2 is 1.58 bits per heavy atom. The van der Waals surface area contributed by atoms with Crippen LogP contribution < -0.4 is 10.2 Å². The second kappa shape index (κ2) is 7.06. The Balaban J connectivity index is 3.15. The fraction of sp³-hybridized carbons (Fsp3) is 0.462. The summed E-state index contributed by atoms with van der Waals surface area (Å²) in [5.74, 6) is 0.128. The van der Waals surface area contributed by atoms with Crippen LogP contribution >= 0.6 is 11.6 Å². The molecular weight excluding hydrogens is 366 g/mol. The lowest BCUT2D eigenvalue weighted by atomic mass is 9.92. The number of urea groups is 1. The smallest absolute Gasteiger partial charge is 0.369 e. The number of alkyl halides is 7. The maximum absolute atomic E-state index is 12.8. The van der Waals surface area contributed by atoms with Crippen molar-refractivity contribution in [1.82, 2.24) is 5.32 Å². The highest BCUT2D eigenvalue weighted by molar-refractivity contribution is 6.18. The van der Waals surface area contributed by atoms with Crippen molar-refractivity contribution in [2.45, 2.75) is 18.0 Å².